The Morgan fingerprint density at radius 3 is 2.22 bits per heavy atom. The molecule has 0 fully saturated rings. The fraction of sp³-hybridized carbons (Fsp3) is 0.333. The maximum absolute atomic E-state index is 12.8. The van der Waals surface area contributed by atoms with E-state index in [2.05, 4.69) is 36.6 Å². The number of hydrogen-bond donors (Lipinski definition) is 2. The van der Waals surface area contributed by atoms with Crippen LogP contribution >= 0.6 is 11.8 Å². The molecule has 27 heavy (non-hydrogen) atoms. The average Bonchev–Trinajstić information content (AvgIpc) is 2.64. The SMILES string of the molecule is CC(C)C(CNC(=O)CSCC(=O)Nc1ccc(F)cc1)c1ccccc1. The number of thioether (sulfide) groups is 1. The summed E-state index contributed by atoms with van der Waals surface area (Å²) in [6.45, 7) is 4.85. The Kier molecular flexibility index (Phi) is 8.33. The first kappa shape index (κ1) is 21.0. The fourth-order valence-electron chi connectivity index (χ4n) is 2.68. The molecule has 0 aliphatic carbocycles. The van der Waals surface area contributed by atoms with Gasteiger partial charge in [-0.05, 0) is 35.7 Å². The molecule has 2 aromatic carbocycles. The molecule has 1 unspecified atom stereocenters. The average molecular weight is 389 g/mol. The Morgan fingerprint density at radius 1 is 0.963 bits per heavy atom. The molecular formula is C21H25FN2O2S. The normalized spacial score (nSPS) is 11.9. The Morgan fingerprint density at radius 2 is 1.59 bits per heavy atom. The van der Waals surface area contributed by atoms with Gasteiger partial charge in [0.15, 0.2) is 0 Å². The molecule has 0 aromatic heterocycles. The quantitative estimate of drug-likeness (QED) is 0.681. The Labute approximate surface area is 163 Å². The number of halogens is 1. The smallest absolute Gasteiger partial charge is 0.234 e. The van der Waals surface area contributed by atoms with E-state index in [9.17, 15) is 14.0 Å². The minimum Gasteiger partial charge on any atom is -0.355 e. The summed E-state index contributed by atoms with van der Waals surface area (Å²) in [6, 6.07) is 15.7. The van der Waals surface area contributed by atoms with Crippen LogP contribution in [0.4, 0.5) is 10.1 Å². The second kappa shape index (κ2) is 10.7. The van der Waals surface area contributed by atoms with Crippen LogP contribution in [0.5, 0.6) is 0 Å². The summed E-state index contributed by atoms with van der Waals surface area (Å²) in [5, 5.41) is 5.63. The standard InChI is InChI=1S/C21H25FN2O2S/c1-15(2)19(16-6-4-3-5-7-16)12-23-20(25)13-27-14-21(26)24-18-10-8-17(22)9-11-18/h3-11,15,19H,12-14H2,1-2H3,(H,23,25)(H,24,26). The molecule has 0 heterocycles. The maximum Gasteiger partial charge on any atom is 0.234 e. The third-order valence-electron chi connectivity index (χ3n) is 4.15. The second-order valence-electron chi connectivity index (χ2n) is 6.61. The van der Waals surface area contributed by atoms with Gasteiger partial charge in [0.05, 0.1) is 11.5 Å². The van der Waals surface area contributed by atoms with Crippen molar-refractivity contribution in [1.29, 1.82) is 0 Å². The minimum atomic E-state index is -0.353. The van der Waals surface area contributed by atoms with Gasteiger partial charge in [-0.25, -0.2) is 4.39 Å². The van der Waals surface area contributed by atoms with Crippen molar-refractivity contribution < 1.29 is 14.0 Å². The van der Waals surface area contributed by atoms with Gasteiger partial charge in [0, 0.05) is 18.2 Å². The van der Waals surface area contributed by atoms with E-state index < -0.39 is 0 Å². The van der Waals surface area contributed by atoms with Gasteiger partial charge in [0.2, 0.25) is 11.8 Å². The van der Waals surface area contributed by atoms with E-state index in [1.807, 2.05) is 18.2 Å². The lowest BCUT2D eigenvalue weighted by Crippen LogP contribution is -2.32. The van der Waals surface area contributed by atoms with Crippen molar-refractivity contribution in [3.8, 4) is 0 Å². The molecule has 2 aromatic rings. The van der Waals surface area contributed by atoms with Gasteiger partial charge in [-0.1, -0.05) is 44.2 Å². The number of hydrogen-bond acceptors (Lipinski definition) is 3. The van der Waals surface area contributed by atoms with Crippen molar-refractivity contribution in [2.75, 3.05) is 23.4 Å². The first-order valence-corrected chi connectivity index (χ1v) is 10.1. The molecule has 0 spiro atoms. The van der Waals surface area contributed by atoms with E-state index in [1.165, 1.54) is 41.6 Å². The fourth-order valence-corrected chi connectivity index (χ4v) is 3.33. The third kappa shape index (κ3) is 7.43. The molecular weight excluding hydrogens is 363 g/mol. The lowest BCUT2D eigenvalue weighted by atomic mass is 9.88. The molecule has 2 amide bonds. The molecule has 0 aliphatic rings. The monoisotopic (exact) mass is 388 g/mol. The van der Waals surface area contributed by atoms with E-state index in [4.69, 9.17) is 0 Å². The van der Waals surface area contributed by atoms with Crippen molar-refractivity contribution >= 4 is 29.3 Å². The molecule has 0 saturated carbocycles. The summed E-state index contributed by atoms with van der Waals surface area (Å²) < 4.78 is 12.8. The third-order valence-corrected chi connectivity index (χ3v) is 5.08. The zero-order valence-electron chi connectivity index (χ0n) is 15.6. The lowest BCUT2D eigenvalue weighted by molar-refractivity contribution is -0.118. The molecule has 0 aliphatic heterocycles. The van der Waals surface area contributed by atoms with E-state index in [-0.39, 0.29) is 35.1 Å². The van der Waals surface area contributed by atoms with E-state index >= 15 is 0 Å². The number of carbonyl (C=O) groups excluding carboxylic acids is 2. The Bertz CT molecular complexity index is 736. The van der Waals surface area contributed by atoms with Gasteiger partial charge >= 0.3 is 0 Å². The lowest BCUT2D eigenvalue weighted by Gasteiger charge is -2.21. The van der Waals surface area contributed by atoms with E-state index in [0.717, 1.165) is 0 Å². The van der Waals surface area contributed by atoms with Crippen LogP contribution in [-0.4, -0.2) is 29.9 Å². The number of rotatable bonds is 9. The first-order valence-electron chi connectivity index (χ1n) is 8.90. The van der Waals surface area contributed by atoms with Gasteiger partial charge in [-0.2, -0.15) is 0 Å². The largest absolute Gasteiger partial charge is 0.355 e. The van der Waals surface area contributed by atoms with Gasteiger partial charge < -0.3 is 10.6 Å². The predicted octanol–water partition coefficient (Wildman–Crippen LogP) is 4.05. The Balaban J connectivity index is 1.70. The zero-order valence-corrected chi connectivity index (χ0v) is 16.4. The van der Waals surface area contributed by atoms with Crippen molar-refractivity contribution in [2.24, 2.45) is 5.92 Å². The van der Waals surface area contributed by atoms with Crippen molar-refractivity contribution in [3.63, 3.8) is 0 Å². The molecule has 144 valence electrons. The summed E-state index contributed by atoms with van der Waals surface area (Å²) in [7, 11) is 0. The number of anilines is 1. The minimum absolute atomic E-state index is 0.0869. The Hall–Kier alpha value is -2.34. The van der Waals surface area contributed by atoms with E-state index in [1.54, 1.807) is 0 Å². The second-order valence-corrected chi connectivity index (χ2v) is 7.60. The number of carbonyl (C=O) groups is 2. The first-order chi connectivity index (χ1) is 13.0. The topological polar surface area (TPSA) is 58.2 Å². The summed E-state index contributed by atoms with van der Waals surface area (Å²) in [6.07, 6.45) is 0. The molecule has 2 N–H and O–H groups in total. The van der Waals surface area contributed by atoms with Gasteiger partial charge in [-0.15, -0.1) is 11.8 Å². The van der Waals surface area contributed by atoms with Crippen LogP contribution < -0.4 is 10.6 Å². The van der Waals surface area contributed by atoms with Crippen molar-refractivity contribution in [2.45, 2.75) is 19.8 Å². The number of nitrogens with one attached hydrogen (secondary N) is 2. The summed E-state index contributed by atoms with van der Waals surface area (Å²) in [5.41, 5.74) is 1.74. The highest BCUT2D eigenvalue weighted by atomic mass is 32.2. The van der Waals surface area contributed by atoms with Crippen LogP contribution in [0.2, 0.25) is 0 Å². The summed E-state index contributed by atoms with van der Waals surface area (Å²) in [5.74, 6) is 0.381. The van der Waals surface area contributed by atoms with Crippen LogP contribution in [0.25, 0.3) is 0 Å². The van der Waals surface area contributed by atoms with Crippen LogP contribution in [-0.2, 0) is 9.59 Å². The highest BCUT2D eigenvalue weighted by molar-refractivity contribution is 8.00. The molecule has 4 nitrogen and oxygen atoms in total. The molecule has 1 atom stereocenters. The van der Waals surface area contributed by atoms with Crippen LogP contribution in [0.15, 0.2) is 54.6 Å². The van der Waals surface area contributed by atoms with Crippen LogP contribution in [0.1, 0.15) is 25.3 Å². The maximum atomic E-state index is 12.8. The van der Waals surface area contributed by atoms with E-state index in [0.29, 0.717) is 18.2 Å². The zero-order chi connectivity index (χ0) is 19.6. The molecule has 0 saturated heterocycles. The summed E-state index contributed by atoms with van der Waals surface area (Å²) in [4.78, 5) is 23.9. The van der Waals surface area contributed by atoms with Gasteiger partial charge in [0.25, 0.3) is 0 Å². The number of benzene rings is 2. The van der Waals surface area contributed by atoms with Crippen molar-refractivity contribution in [1.82, 2.24) is 5.32 Å². The van der Waals surface area contributed by atoms with Crippen molar-refractivity contribution in [3.05, 3.63) is 66.0 Å². The molecule has 2 rings (SSSR count). The predicted molar refractivity (Wildman–Crippen MR) is 109 cm³/mol. The summed E-state index contributed by atoms with van der Waals surface area (Å²) >= 11 is 1.25. The molecule has 6 heteroatoms. The van der Waals surface area contributed by atoms with Crippen LogP contribution in [0, 0.1) is 11.7 Å². The highest BCUT2D eigenvalue weighted by Gasteiger charge is 2.16. The molecule has 0 bridgehead atoms. The number of amides is 2. The molecule has 0 radical (unpaired) electrons. The highest BCUT2D eigenvalue weighted by Crippen LogP contribution is 2.23. The van der Waals surface area contributed by atoms with Gasteiger partial charge in [-0.3, -0.25) is 9.59 Å². The van der Waals surface area contributed by atoms with Crippen LogP contribution in [0.3, 0.4) is 0 Å². The van der Waals surface area contributed by atoms with Gasteiger partial charge in [0.1, 0.15) is 5.82 Å².